The maximum atomic E-state index is 12.1. The summed E-state index contributed by atoms with van der Waals surface area (Å²) >= 11 is 0. The molecule has 0 bridgehead atoms. The Balaban J connectivity index is 1.55. The SMILES string of the molecule is O=C(Cc1ccc(OC(F)F)cc1)Oc1ccc(N2CCCC2=O)cc1. The lowest BCUT2D eigenvalue weighted by molar-refractivity contribution is -0.133. The van der Waals surface area contributed by atoms with Crippen LogP contribution in [0, 0.1) is 0 Å². The number of nitrogens with zero attached hydrogens (tertiary/aromatic N) is 1. The van der Waals surface area contributed by atoms with E-state index in [0.29, 0.717) is 24.3 Å². The molecule has 26 heavy (non-hydrogen) atoms. The van der Waals surface area contributed by atoms with Crippen LogP contribution in [0.2, 0.25) is 0 Å². The Hall–Kier alpha value is -2.96. The number of esters is 1. The minimum atomic E-state index is -2.88. The molecule has 1 aliphatic heterocycles. The van der Waals surface area contributed by atoms with Gasteiger partial charge in [0.2, 0.25) is 5.91 Å². The number of amides is 1. The number of rotatable bonds is 6. The highest BCUT2D eigenvalue weighted by atomic mass is 19.3. The number of carbonyl (C=O) groups excluding carboxylic acids is 2. The molecule has 0 aromatic heterocycles. The van der Waals surface area contributed by atoms with Gasteiger partial charge in [0.15, 0.2) is 0 Å². The number of benzene rings is 2. The summed E-state index contributed by atoms with van der Waals surface area (Å²) < 4.78 is 33.7. The number of ether oxygens (including phenoxy) is 2. The molecule has 0 radical (unpaired) electrons. The molecule has 2 aromatic rings. The first-order chi connectivity index (χ1) is 12.5. The van der Waals surface area contributed by atoms with Crippen molar-refractivity contribution in [1.29, 1.82) is 0 Å². The van der Waals surface area contributed by atoms with Crippen molar-refractivity contribution < 1.29 is 27.8 Å². The van der Waals surface area contributed by atoms with Gasteiger partial charge in [-0.2, -0.15) is 8.78 Å². The largest absolute Gasteiger partial charge is 0.435 e. The second-order valence-electron chi connectivity index (χ2n) is 5.82. The minimum Gasteiger partial charge on any atom is -0.435 e. The summed E-state index contributed by atoms with van der Waals surface area (Å²) in [5.74, 6) is 0.0266. The zero-order valence-electron chi connectivity index (χ0n) is 13.9. The Labute approximate surface area is 149 Å². The molecule has 1 heterocycles. The number of carbonyl (C=O) groups is 2. The summed E-state index contributed by atoms with van der Waals surface area (Å²) in [6.07, 6.45) is 1.40. The van der Waals surface area contributed by atoms with Crippen LogP contribution >= 0.6 is 0 Å². The van der Waals surface area contributed by atoms with Crippen LogP contribution in [0.25, 0.3) is 0 Å². The van der Waals surface area contributed by atoms with Gasteiger partial charge in [-0.3, -0.25) is 9.59 Å². The van der Waals surface area contributed by atoms with E-state index >= 15 is 0 Å². The van der Waals surface area contributed by atoms with Crippen LogP contribution in [-0.4, -0.2) is 25.0 Å². The van der Waals surface area contributed by atoms with Gasteiger partial charge in [0.05, 0.1) is 6.42 Å². The third-order valence-corrected chi connectivity index (χ3v) is 3.95. The van der Waals surface area contributed by atoms with Gasteiger partial charge in [-0.15, -0.1) is 0 Å². The molecule has 0 atom stereocenters. The first-order valence-electron chi connectivity index (χ1n) is 8.16. The van der Waals surface area contributed by atoms with Gasteiger partial charge in [0, 0.05) is 18.7 Å². The highest BCUT2D eigenvalue weighted by Gasteiger charge is 2.21. The van der Waals surface area contributed by atoms with E-state index < -0.39 is 12.6 Å². The molecule has 1 saturated heterocycles. The highest BCUT2D eigenvalue weighted by molar-refractivity contribution is 5.95. The summed E-state index contributed by atoms with van der Waals surface area (Å²) in [6.45, 7) is -2.19. The van der Waals surface area contributed by atoms with Gasteiger partial charge < -0.3 is 14.4 Å². The van der Waals surface area contributed by atoms with Crippen LogP contribution in [0.1, 0.15) is 18.4 Å². The van der Waals surface area contributed by atoms with Crippen molar-refractivity contribution in [1.82, 2.24) is 0 Å². The van der Waals surface area contributed by atoms with Gasteiger partial charge in [-0.25, -0.2) is 0 Å². The van der Waals surface area contributed by atoms with Crippen molar-refractivity contribution in [2.45, 2.75) is 25.9 Å². The van der Waals surface area contributed by atoms with E-state index in [1.807, 2.05) is 0 Å². The molecule has 0 saturated carbocycles. The second kappa shape index (κ2) is 7.95. The fourth-order valence-corrected chi connectivity index (χ4v) is 2.74. The summed E-state index contributed by atoms with van der Waals surface area (Å²) in [5.41, 5.74) is 1.40. The van der Waals surface area contributed by atoms with E-state index in [9.17, 15) is 18.4 Å². The lowest BCUT2D eigenvalue weighted by Crippen LogP contribution is -2.23. The Morgan fingerprint density at radius 2 is 1.69 bits per heavy atom. The molecule has 7 heteroatoms. The first kappa shape index (κ1) is 17.8. The summed E-state index contributed by atoms with van der Waals surface area (Å²) in [5, 5.41) is 0. The van der Waals surface area contributed by atoms with Crippen LogP contribution in [0.5, 0.6) is 11.5 Å². The first-order valence-corrected chi connectivity index (χ1v) is 8.16. The Morgan fingerprint density at radius 1 is 1.04 bits per heavy atom. The van der Waals surface area contributed by atoms with Crippen molar-refractivity contribution in [2.75, 3.05) is 11.4 Å². The number of hydrogen-bond acceptors (Lipinski definition) is 4. The Morgan fingerprint density at radius 3 is 2.27 bits per heavy atom. The highest BCUT2D eigenvalue weighted by Crippen LogP contribution is 2.24. The topological polar surface area (TPSA) is 55.8 Å². The maximum Gasteiger partial charge on any atom is 0.387 e. The van der Waals surface area contributed by atoms with Gasteiger partial charge in [-0.1, -0.05) is 12.1 Å². The third-order valence-electron chi connectivity index (χ3n) is 3.95. The van der Waals surface area contributed by atoms with Crippen LogP contribution in [-0.2, 0) is 16.0 Å². The maximum absolute atomic E-state index is 12.1. The van der Waals surface area contributed by atoms with Crippen LogP contribution in [0.4, 0.5) is 14.5 Å². The average molecular weight is 361 g/mol. The molecule has 1 aliphatic rings. The zero-order chi connectivity index (χ0) is 18.5. The van der Waals surface area contributed by atoms with Crippen LogP contribution in [0.15, 0.2) is 48.5 Å². The standard InChI is InChI=1S/C19H17F2NO4/c20-19(21)26-16-7-3-13(4-8-16)12-18(24)25-15-9-5-14(6-10-15)22-11-1-2-17(22)23/h3-10,19H,1-2,11-12H2. The predicted octanol–water partition coefficient (Wildman–Crippen LogP) is 3.56. The van der Waals surface area contributed by atoms with E-state index in [1.165, 1.54) is 24.3 Å². The number of halogens is 2. The second-order valence-corrected chi connectivity index (χ2v) is 5.82. The quantitative estimate of drug-likeness (QED) is 0.583. The number of anilines is 1. The molecule has 0 spiro atoms. The monoisotopic (exact) mass is 361 g/mol. The fourth-order valence-electron chi connectivity index (χ4n) is 2.74. The van der Waals surface area contributed by atoms with E-state index in [-0.39, 0.29) is 18.1 Å². The molecule has 2 aromatic carbocycles. The smallest absolute Gasteiger partial charge is 0.387 e. The molecule has 1 fully saturated rings. The average Bonchev–Trinajstić information content (AvgIpc) is 3.03. The lowest BCUT2D eigenvalue weighted by Gasteiger charge is -2.15. The zero-order valence-corrected chi connectivity index (χ0v) is 13.9. The molecule has 0 aliphatic carbocycles. The normalized spacial score (nSPS) is 14.0. The molecule has 1 amide bonds. The molecule has 0 N–H and O–H groups in total. The van der Waals surface area contributed by atoms with Crippen molar-refractivity contribution >= 4 is 17.6 Å². The van der Waals surface area contributed by atoms with Gasteiger partial charge in [0.25, 0.3) is 0 Å². The summed E-state index contributed by atoms with van der Waals surface area (Å²) in [7, 11) is 0. The Bertz CT molecular complexity index is 775. The Kier molecular flexibility index (Phi) is 5.46. The number of hydrogen-bond donors (Lipinski definition) is 0. The lowest BCUT2D eigenvalue weighted by atomic mass is 10.1. The van der Waals surface area contributed by atoms with E-state index in [1.54, 1.807) is 29.2 Å². The minimum absolute atomic E-state index is 0.00131. The molecular formula is C19H17F2NO4. The predicted molar refractivity (Wildman–Crippen MR) is 90.4 cm³/mol. The molecule has 5 nitrogen and oxygen atoms in total. The summed E-state index contributed by atoms with van der Waals surface area (Å²) in [6, 6.07) is 12.6. The molecule has 136 valence electrons. The van der Waals surface area contributed by atoms with Crippen LogP contribution in [0.3, 0.4) is 0 Å². The van der Waals surface area contributed by atoms with Crippen molar-refractivity contribution in [3.63, 3.8) is 0 Å². The van der Waals surface area contributed by atoms with Gasteiger partial charge in [0.1, 0.15) is 11.5 Å². The third kappa shape index (κ3) is 4.56. The van der Waals surface area contributed by atoms with E-state index in [4.69, 9.17) is 4.74 Å². The van der Waals surface area contributed by atoms with Gasteiger partial charge in [-0.05, 0) is 48.4 Å². The molecular weight excluding hydrogens is 344 g/mol. The summed E-state index contributed by atoms with van der Waals surface area (Å²) in [4.78, 5) is 25.4. The fraction of sp³-hybridized carbons (Fsp3) is 0.263. The van der Waals surface area contributed by atoms with Crippen molar-refractivity contribution in [2.24, 2.45) is 0 Å². The molecule has 0 unspecified atom stereocenters. The van der Waals surface area contributed by atoms with Crippen LogP contribution < -0.4 is 14.4 Å². The van der Waals surface area contributed by atoms with E-state index in [0.717, 1.165) is 12.1 Å². The number of alkyl halides is 2. The van der Waals surface area contributed by atoms with Gasteiger partial charge >= 0.3 is 12.6 Å². The van der Waals surface area contributed by atoms with Crippen molar-refractivity contribution in [3.05, 3.63) is 54.1 Å². The van der Waals surface area contributed by atoms with E-state index in [2.05, 4.69) is 4.74 Å². The van der Waals surface area contributed by atoms with Crippen molar-refractivity contribution in [3.8, 4) is 11.5 Å². The molecule has 3 rings (SSSR count).